The molecule has 0 aliphatic heterocycles. The second-order valence-electron chi connectivity index (χ2n) is 6.83. The van der Waals surface area contributed by atoms with Crippen LogP contribution in [0.25, 0.3) is 0 Å². The Balaban J connectivity index is 1.79. The summed E-state index contributed by atoms with van der Waals surface area (Å²) in [5.41, 5.74) is 1.29. The van der Waals surface area contributed by atoms with Gasteiger partial charge in [-0.3, -0.25) is 9.78 Å². The van der Waals surface area contributed by atoms with Gasteiger partial charge in [0.15, 0.2) is 9.84 Å². The van der Waals surface area contributed by atoms with Gasteiger partial charge in [-0.05, 0) is 60.5 Å². The lowest BCUT2D eigenvalue weighted by Gasteiger charge is -2.19. The summed E-state index contributed by atoms with van der Waals surface area (Å²) in [6.07, 6.45) is 3.20. The van der Waals surface area contributed by atoms with Gasteiger partial charge in [0.05, 0.1) is 17.9 Å². The Hall–Kier alpha value is -2.90. The van der Waals surface area contributed by atoms with Gasteiger partial charge in [0.2, 0.25) is 5.91 Å². The molecule has 6 nitrogen and oxygen atoms in total. The number of benzene rings is 2. The van der Waals surface area contributed by atoms with E-state index in [1.54, 1.807) is 54.7 Å². The summed E-state index contributed by atoms with van der Waals surface area (Å²) >= 11 is 5.87. The molecule has 0 saturated heterocycles. The lowest BCUT2D eigenvalue weighted by molar-refractivity contribution is -0.120. The third kappa shape index (κ3) is 6.06. The van der Waals surface area contributed by atoms with Gasteiger partial charge < -0.3 is 10.1 Å². The number of hydrogen-bond donors (Lipinski definition) is 1. The van der Waals surface area contributed by atoms with E-state index in [2.05, 4.69) is 10.3 Å². The van der Waals surface area contributed by atoms with Gasteiger partial charge >= 0.3 is 0 Å². The Kier molecular flexibility index (Phi) is 7.65. The molecule has 162 valence electrons. The molecule has 2 aromatic carbocycles. The maximum Gasteiger partial charge on any atom is 0.224 e. The summed E-state index contributed by atoms with van der Waals surface area (Å²) in [7, 11) is -3.79. The monoisotopic (exact) mass is 458 g/mol. The molecule has 1 atom stereocenters. The molecule has 1 heterocycles. The minimum Gasteiger partial charge on any atom is -0.494 e. The van der Waals surface area contributed by atoms with Crippen LogP contribution >= 0.6 is 11.6 Å². The highest BCUT2D eigenvalue weighted by molar-refractivity contribution is 7.91. The maximum atomic E-state index is 13.4. The van der Waals surface area contributed by atoms with Gasteiger partial charge in [0.1, 0.15) is 11.0 Å². The van der Waals surface area contributed by atoms with Gasteiger partial charge in [0.25, 0.3) is 0 Å². The molecule has 0 fully saturated rings. The molecular formula is C23H23ClN2O4S. The van der Waals surface area contributed by atoms with Crippen LogP contribution in [0.5, 0.6) is 5.75 Å². The van der Waals surface area contributed by atoms with Gasteiger partial charge in [-0.1, -0.05) is 29.8 Å². The molecule has 0 radical (unpaired) electrons. The average molecular weight is 459 g/mol. The van der Waals surface area contributed by atoms with E-state index in [0.717, 1.165) is 5.56 Å². The molecular weight excluding hydrogens is 436 g/mol. The topological polar surface area (TPSA) is 85.4 Å². The largest absolute Gasteiger partial charge is 0.494 e. The van der Waals surface area contributed by atoms with E-state index in [1.807, 2.05) is 6.92 Å². The first-order valence-corrected chi connectivity index (χ1v) is 11.7. The molecule has 0 spiro atoms. The molecule has 0 aliphatic rings. The van der Waals surface area contributed by atoms with Crippen LogP contribution in [0, 0.1) is 0 Å². The normalized spacial score (nSPS) is 12.2. The zero-order valence-electron chi connectivity index (χ0n) is 17.0. The van der Waals surface area contributed by atoms with E-state index in [0.29, 0.717) is 22.9 Å². The highest BCUT2D eigenvalue weighted by atomic mass is 35.5. The number of aromatic nitrogens is 1. The van der Waals surface area contributed by atoms with Crippen molar-refractivity contribution in [1.82, 2.24) is 10.3 Å². The quantitative estimate of drug-likeness (QED) is 0.523. The van der Waals surface area contributed by atoms with Crippen LogP contribution in [0.1, 0.15) is 23.3 Å². The third-order valence-corrected chi connectivity index (χ3v) is 7.03. The highest BCUT2D eigenvalue weighted by Gasteiger charge is 2.30. The number of amides is 1. The predicted octanol–water partition coefficient (Wildman–Crippen LogP) is 4.01. The molecule has 1 unspecified atom stereocenters. The van der Waals surface area contributed by atoms with Crippen molar-refractivity contribution in [2.45, 2.75) is 23.5 Å². The summed E-state index contributed by atoms with van der Waals surface area (Å²) in [5, 5.41) is 2.36. The molecule has 31 heavy (non-hydrogen) atoms. The number of sulfone groups is 1. The lowest BCUT2D eigenvalue weighted by Crippen LogP contribution is -2.33. The number of halogens is 1. The van der Waals surface area contributed by atoms with E-state index in [4.69, 9.17) is 16.3 Å². The number of carbonyl (C=O) groups excluding carboxylic acids is 1. The predicted molar refractivity (Wildman–Crippen MR) is 120 cm³/mol. The summed E-state index contributed by atoms with van der Waals surface area (Å²) < 4.78 is 32.1. The number of nitrogens with zero attached hydrogens (tertiary/aromatic N) is 1. The van der Waals surface area contributed by atoms with Crippen molar-refractivity contribution in [3.8, 4) is 5.75 Å². The fourth-order valence-electron chi connectivity index (χ4n) is 3.09. The Morgan fingerprint density at radius 3 is 2.42 bits per heavy atom. The van der Waals surface area contributed by atoms with Gasteiger partial charge in [-0.25, -0.2) is 8.42 Å². The first-order chi connectivity index (χ1) is 14.9. The van der Waals surface area contributed by atoms with E-state index in [-0.39, 0.29) is 23.8 Å². The maximum absolute atomic E-state index is 13.4. The van der Waals surface area contributed by atoms with Gasteiger partial charge in [0, 0.05) is 24.0 Å². The van der Waals surface area contributed by atoms with Crippen molar-refractivity contribution in [3.05, 3.63) is 89.2 Å². The fraction of sp³-hybridized carbons (Fsp3) is 0.217. The molecule has 0 aliphatic carbocycles. The molecule has 3 rings (SSSR count). The summed E-state index contributed by atoms with van der Waals surface area (Å²) in [4.78, 5) is 16.6. The average Bonchev–Trinajstić information content (AvgIpc) is 2.77. The Morgan fingerprint density at radius 1 is 1.10 bits per heavy atom. The number of hydrogen-bond acceptors (Lipinski definition) is 5. The zero-order chi connectivity index (χ0) is 22.3. The first-order valence-electron chi connectivity index (χ1n) is 9.78. The molecule has 1 aromatic heterocycles. The molecule has 1 amide bonds. The third-order valence-electron chi connectivity index (χ3n) is 4.66. The second-order valence-corrected chi connectivity index (χ2v) is 9.40. The van der Waals surface area contributed by atoms with Crippen molar-refractivity contribution in [2.24, 2.45) is 0 Å². The van der Waals surface area contributed by atoms with Crippen molar-refractivity contribution in [1.29, 1.82) is 0 Å². The van der Waals surface area contributed by atoms with Crippen LogP contribution in [-0.2, 0) is 21.1 Å². The molecule has 1 N–H and O–H groups in total. The van der Waals surface area contributed by atoms with E-state index >= 15 is 0 Å². The number of nitrogens with one attached hydrogen (secondary N) is 1. The van der Waals surface area contributed by atoms with Crippen LogP contribution in [-0.4, -0.2) is 32.5 Å². The van der Waals surface area contributed by atoms with Crippen molar-refractivity contribution in [3.63, 3.8) is 0 Å². The van der Waals surface area contributed by atoms with E-state index in [1.165, 1.54) is 18.3 Å². The smallest absolute Gasteiger partial charge is 0.224 e. The van der Waals surface area contributed by atoms with Crippen LogP contribution in [0.2, 0.25) is 5.02 Å². The van der Waals surface area contributed by atoms with Gasteiger partial charge in [-0.15, -0.1) is 0 Å². The van der Waals surface area contributed by atoms with Crippen molar-refractivity contribution >= 4 is 27.3 Å². The molecule has 3 aromatic rings. The summed E-state index contributed by atoms with van der Waals surface area (Å²) in [6.45, 7) is 2.27. The van der Waals surface area contributed by atoms with Crippen molar-refractivity contribution < 1.29 is 17.9 Å². The standard InChI is InChI=1S/C23H23ClN2O4S/c1-2-30-20-9-11-21(12-10-20)31(28,29)22(18-4-3-13-25-15-18)16-26-23(27)14-17-5-7-19(24)8-6-17/h3-13,15,22H,2,14,16H2,1H3,(H,26,27). The molecule has 0 saturated carbocycles. The second kappa shape index (κ2) is 10.4. The minimum absolute atomic E-state index is 0.0757. The van der Waals surface area contributed by atoms with E-state index in [9.17, 15) is 13.2 Å². The highest BCUT2D eigenvalue weighted by Crippen LogP contribution is 2.29. The Labute approximate surface area is 187 Å². The molecule has 8 heteroatoms. The van der Waals surface area contributed by atoms with Gasteiger partial charge in [-0.2, -0.15) is 0 Å². The molecule has 0 bridgehead atoms. The van der Waals surface area contributed by atoms with Crippen LogP contribution in [0.15, 0.2) is 78.0 Å². The Morgan fingerprint density at radius 2 is 1.81 bits per heavy atom. The van der Waals surface area contributed by atoms with Crippen LogP contribution in [0.4, 0.5) is 0 Å². The zero-order valence-corrected chi connectivity index (χ0v) is 18.6. The first kappa shape index (κ1) is 22.8. The number of rotatable bonds is 9. The minimum atomic E-state index is -3.79. The van der Waals surface area contributed by atoms with Crippen molar-refractivity contribution in [2.75, 3.05) is 13.2 Å². The number of pyridine rings is 1. The lowest BCUT2D eigenvalue weighted by atomic mass is 10.1. The Bertz CT molecular complexity index is 1100. The summed E-state index contributed by atoms with van der Waals surface area (Å²) in [5.74, 6) is 0.314. The fourth-order valence-corrected chi connectivity index (χ4v) is 4.86. The van der Waals surface area contributed by atoms with Crippen LogP contribution < -0.4 is 10.1 Å². The number of ether oxygens (including phenoxy) is 1. The SMILES string of the molecule is CCOc1ccc(S(=O)(=O)C(CNC(=O)Cc2ccc(Cl)cc2)c2cccnc2)cc1. The van der Waals surface area contributed by atoms with E-state index < -0.39 is 15.1 Å². The number of carbonyl (C=O) groups is 1. The van der Waals surface area contributed by atoms with Crippen LogP contribution in [0.3, 0.4) is 0 Å². The summed E-state index contributed by atoms with van der Waals surface area (Å²) in [6, 6.07) is 16.6.